The molecule has 0 aliphatic rings. The van der Waals surface area contributed by atoms with Crippen molar-refractivity contribution in [3.63, 3.8) is 0 Å². The van der Waals surface area contributed by atoms with Gasteiger partial charge in [0.15, 0.2) is 5.69 Å². The van der Waals surface area contributed by atoms with Crippen LogP contribution in [-0.2, 0) is 11.3 Å². The van der Waals surface area contributed by atoms with Crippen molar-refractivity contribution in [1.82, 2.24) is 14.7 Å². The molecule has 2 heterocycles. The molecule has 1 amide bonds. The highest BCUT2D eigenvalue weighted by Crippen LogP contribution is 2.18. The van der Waals surface area contributed by atoms with Gasteiger partial charge in [0.2, 0.25) is 5.43 Å². The quantitative estimate of drug-likeness (QED) is 0.597. The summed E-state index contributed by atoms with van der Waals surface area (Å²) in [5.74, 6) is -1.06. The van der Waals surface area contributed by atoms with E-state index in [0.29, 0.717) is 17.2 Å². The standard InChI is InChI=1S/C21H20FN3O5/c1-12-9-18(26)19(23-25(12)17-8-6-5-7-16(17)22)20(27)24(3)11-14-10-15(13(2)30-14)21(28)29-4/h5-10H,11H2,1-4H3. The molecular formula is C21H20FN3O5. The van der Waals surface area contributed by atoms with Crippen molar-refractivity contribution in [2.75, 3.05) is 14.2 Å². The smallest absolute Gasteiger partial charge is 0.341 e. The van der Waals surface area contributed by atoms with E-state index in [0.717, 1.165) is 0 Å². The maximum Gasteiger partial charge on any atom is 0.341 e. The lowest BCUT2D eigenvalue weighted by Crippen LogP contribution is -2.33. The Balaban J connectivity index is 1.91. The number of benzene rings is 1. The van der Waals surface area contributed by atoms with E-state index in [2.05, 4.69) is 9.84 Å². The van der Waals surface area contributed by atoms with Crippen molar-refractivity contribution in [3.05, 3.63) is 80.9 Å². The predicted octanol–water partition coefficient (Wildman–Crippen LogP) is 2.64. The average Bonchev–Trinajstić information content (AvgIpc) is 3.07. The van der Waals surface area contributed by atoms with Crippen LogP contribution in [0.25, 0.3) is 5.69 Å². The van der Waals surface area contributed by atoms with Crippen LogP contribution in [-0.4, -0.2) is 40.7 Å². The summed E-state index contributed by atoms with van der Waals surface area (Å²) >= 11 is 0. The molecule has 0 fully saturated rings. The Kier molecular flexibility index (Phi) is 5.81. The van der Waals surface area contributed by atoms with Gasteiger partial charge in [-0.25, -0.2) is 13.9 Å². The summed E-state index contributed by atoms with van der Waals surface area (Å²) in [4.78, 5) is 38.2. The SMILES string of the molecule is COC(=O)c1cc(CN(C)C(=O)c2nn(-c3ccccc3F)c(C)cc2=O)oc1C. The van der Waals surface area contributed by atoms with Gasteiger partial charge in [-0.05, 0) is 32.0 Å². The van der Waals surface area contributed by atoms with E-state index in [1.165, 1.54) is 54.1 Å². The molecule has 0 saturated carbocycles. The lowest BCUT2D eigenvalue weighted by molar-refractivity contribution is 0.0598. The second kappa shape index (κ2) is 8.32. The molecule has 0 atom stereocenters. The van der Waals surface area contributed by atoms with Gasteiger partial charge in [-0.1, -0.05) is 12.1 Å². The normalized spacial score (nSPS) is 10.7. The minimum Gasteiger partial charge on any atom is -0.465 e. The lowest BCUT2D eigenvalue weighted by atomic mass is 10.2. The average molecular weight is 413 g/mol. The summed E-state index contributed by atoms with van der Waals surface area (Å²) in [5.41, 5.74) is -0.181. The number of furan rings is 1. The van der Waals surface area contributed by atoms with E-state index < -0.39 is 23.1 Å². The van der Waals surface area contributed by atoms with Crippen LogP contribution in [0.2, 0.25) is 0 Å². The maximum absolute atomic E-state index is 14.2. The zero-order valence-electron chi connectivity index (χ0n) is 16.9. The van der Waals surface area contributed by atoms with E-state index in [-0.39, 0.29) is 23.5 Å². The first-order valence-corrected chi connectivity index (χ1v) is 9.02. The Morgan fingerprint density at radius 2 is 1.93 bits per heavy atom. The van der Waals surface area contributed by atoms with E-state index >= 15 is 0 Å². The number of hydrogen-bond acceptors (Lipinski definition) is 6. The van der Waals surface area contributed by atoms with Gasteiger partial charge in [0.25, 0.3) is 5.91 Å². The number of esters is 1. The summed E-state index contributed by atoms with van der Waals surface area (Å²) in [6, 6.07) is 8.63. The van der Waals surface area contributed by atoms with Crippen molar-refractivity contribution in [2.45, 2.75) is 20.4 Å². The highest BCUT2D eigenvalue weighted by molar-refractivity contribution is 5.92. The third kappa shape index (κ3) is 4.00. The molecule has 2 aromatic heterocycles. The van der Waals surface area contributed by atoms with Gasteiger partial charge in [-0.3, -0.25) is 9.59 Å². The van der Waals surface area contributed by atoms with Crippen LogP contribution in [0.1, 0.15) is 38.1 Å². The third-order valence-electron chi connectivity index (χ3n) is 4.50. The van der Waals surface area contributed by atoms with Gasteiger partial charge < -0.3 is 14.1 Å². The number of aromatic nitrogens is 2. The Bertz CT molecular complexity index is 1180. The number of rotatable bonds is 5. The van der Waals surface area contributed by atoms with E-state index in [9.17, 15) is 18.8 Å². The Morgan fingerprint density at radius 3 is 2.60 bits per heavy atom. The number of carbonyl (C=O) groups excluding carboxylic acids is 2. The van der Waals surface area contributed by atoms with Gasteiger partial charge in [-0.15, -0.1) is 0 Å². The number of ether oxygens (including phenoxy) is 1. The van der Waals surface area contributed by atoms with Crippen LogP contribution in [0.5, 0.6) is 0 Å². The molecule has 0 saturated heterocycles. The molecule has 0 N–H and O–H groups in total. The topological polar surface area (TPSA) is 94.6 Å². The molecule has 8 nitrogen and oxygen atoms in total. The number of hydrogen-bond donors (Lipinski definition) is 0. The minimum atomic E-state index is -0.668. The molecule has 0 unspecified atom stereocenters. The number of halogens is 1. The number of methoxy groups -OCH3 is 1. The first-order chi connectivity index (χ1) is 14.2. The highest BCUT2D eigenvalue weighted by Gasteiger charge is 2.22. The van der Waals surface area contributed by atoms with E-state index in [1.54, 1.807) is 19.9 Å². The summed E-state index contributed by atoms with van der Waals surface area (Å²) in [6.45, 7) is 3.19. The molecule has 3 rings (SSSR count). The van der Waals surface area contributed by atoms with Gasteiger partial charge in [-0.2, -0.15) is 5.10 Å². The van der Waals surface area contributed by atoms with Gasteiger partial charge in [0.1, 0.15) is 28.6 Å². The molecular weight excluding hydrogens is 393 g/mol. The zero-order chi connectivity index (χ0) is 22.0. The van der Waals surface area contributed by atoms with Crippen molar-refractivity contribution < 1.29 is 23.1 Å². The first-order valence-electron chi connectivity index (χ1n) is 9.02. The molecule has 0 radical (unpaired) electrons. The molecule has 0 aliphatic carbocycles. The second-order valence-corrected chi connectivity index (χ2v) is 6.70. The van der Waals surface area contributed by atoms with Crippen LogP contribution in [0.3, 0.4) is 0 Å². The summed E-state index contributed by atoms with van der Waals surface area (Å²) in [5, 5.41) is 4.10. The van der Waals surface area contributed by atoms with Crippen LogP contribution < -0.4 is 5.43 Å². The molecule has 30 heavy (non-hydrogen) atoms. The fraction of sp³-hybridized carbons (Fsp3) is 0.238. The molecule has 0 aliphatic heterocycles. The van der Waals surface area contributed by atoms with Crippen molar-refractivity contribution >= 4 is 11.9 Å². The molecule has 9 heteroatoms. The van der Waals surface area contributed by atoms with Gasteiger partial charge >= 0.3 is 5.97 Å². The van der Waals surface area contributed by atoms with Crippen molar-refractivity contribution in [1.29, 1.82) is 0 Å². The molecule has 3 aromatic rings. The Morgan fingerprint density at radius 1 is 1.23 bits per heavy atom. The molecule has 0 bridgehead atoms. The Hall–Kier alpha value is -3.75. The Labute approximate surface area is 171 Å². The molecule has 0 spiro atoms. The highest BCUT2D eigenvalue weighted by atomic mass is 19.1. The second-order valence-electron chi connectivity index (χ2n) is 6.70. The fourth-order valence-electron chi connectivity index (χ4n) is 2.98. The fourth-order valence-corrected chi connectivity index (χ4v) is 2.98. The van der Waals surface area contributed by atoms with E-state index in [4.69, 9.17) is 4.42 Å². The lowest BCUT2D eigenvalue weighted by Gasteiger charge is -2.17. The van der Waals surface area contributed by atoms with Gasteiger partial charge in [0, 0.05) is 18.8 Å². The summed E-state index contributed by atoms with van der Waals surface area (Å²) in [7, 11) is 2.72. The third-order valence-corrected chi connectivity index (χ3v) is 4.50. The van der Waals surface area contributed by atoms with Gasteiger partial charge in [0.05, 0.1) is 13.7 Å². The number of aryl methyl sites for hydroxylation is 2. The molecule has 1 aromatic carbocycles. The van der Waals surface area contributed by atoms with Crippen LogP contribution in [0.15, 0.2) is 45.6 Å². The van der Waals surface area contributed by atoms with Crippen molar-refractivity contribution in [3.8, 4) is 5.69 Å². The largest absolute Gasteiger partial charge is 0.465 e. The van der Waals surface area contributed by atoms with Crippen LogP contribution in [0.4, 0.5) is 4.39 Å². The zero-order valence-corrected chi connectivity index (χ0v) is 16.9. The monoisotopic (exact) mass is 413 g/mol. The first kappa shape index (κ1) is 21.0. The van der Waals surface area contributed by atoms with Crippen LogP contribution >= 0.6 is 0 Å². The summed E-state index contributed by atoms with van der Waals surface area (Å²) in [6.07, 6.45) is 0. The maximum atomic E-state index is 14.2. The molecule has 156 valence electrons. The number of amides is 1. The number of carbonyl (C=O) groups is 2. The van der Waals surface area contributed by atoms with E-state index in [1.807, 2.05) is 0 Å². The summed E-state index contributed by atoms with van der Waals surface area (Å²) < 4.78 is 25.6. The predicted molar refractivity (Wildman–Crippen MR) is 105 cm³/mol. The minimum absolute atomic E-state index is 0.00857. The van der Waals surface area contributed by atoms with Crippen LogP contribution in [0, 0.1) is 19.7 Å². The number of nitrogens with zero attached hydrogens (tertiary/aromatic N) is 3. The number of para-hydroxylation sites is 1. The van der Waals surface area contributed by atoms with Crippen molar-refractivity contribution in [2.24, 2.45) is 0 Å².